The van der Waals surface area contributed by atoms with E-state index in [9.17, 15) is 10.4 Å². The Hall–Kier alpha value is -4.12. The second kappa shape index (κ2) is 10.6. The summed E-state index contributed by atoms with van der Waals surface area (Å²) in [4.78, 5) is 5.79. The molecule has 0 spiro atoms. The van der Waals surface area contributed by atoms with Crippen LogP contribution < -0.4 is 4.74 Å². The smallest absolute Gasteiger partial charge is 0.161 e. The number of aromatic hydroxyl groups is 1. The van der Waals surface area contributed by atoms with Crippen LogP contribution in [-0.4, -0.2) is 28.2 Å². The molecule has 39 heavy (non-hydrogen) atoms. The van der Waals surface area contributed by atoms with Crippen LogP contribution in [0, 0.1) is 18.3 Å². The van der Waals surface area contributed by atoms with Gasteiger partial charge in [-0.15, -0.1) is 11.3 Å². The number of hydrogen-bond acceptors (Lipinski definition) is 6. The van der Waals surface area contributed by atoms with Crippen LogP contribution in [0.25, 0.3) is 17.8 Å². The van der Waals surface area contributed by atoms with Crippen LogP contribution in [0.2, 0.25) is 5.15 Å². The third-order valence-electron chi connectivity index (χ3n) is 6.68. The highest BCUT2D eigenvalue weighted by molar-refractivity contribution is 7.16. The lowest BCUT2D eigenvalue weighted by atomic mass is 9.77. The number of rotatable bonds is 6. The number of phenols is 1. The summed E-state index contributed by atoms with van der Waals surface area (Å²) in [6.07, 6.45) is 8.66. The number of aliphatic imine (C=N–C) groups is 1. The molecule has 6 nitrogen and oxygen atoms in total. The molecule has 0 radical (unpaired) electrons. The SMILES string of the molecule is COc1cc(/C=N/c2sc3c(c2C#N)C=C(/C=C\c2c(C)nn(-c4ccccc4)c2Cl)CC3(C)C)ccc1O. The van der Waals surface area contributed by atoms with Crippen molar-refractivity contribution in [3.63, 3.8) is 0 Å². The van der Waals surface area contributed by atoms with Gasteiger partial charge in [0, 0.05) is 27.6 Å². The van der Waals surface area contributed by atoms with Crippen molar-refractivity contribution in [1.82, 2.24) is 9.78 Å². The molecule has 4 aromatic rings. The van der Waals surface area contributed by atoms with Crippen molar-refractivity contribution in [3.05, 3.63) is 98.2 Å². The zero-order valence-electron chi connectivity index (χ0n) is 22.1. The minimum absolute atomic E-state index is 0.0651. The van der Waals surface area contributed by atoms with Gasteiger partial charge in [-0.05, 0) is 67.0 Å². The summed E-state index contributed by atoms with van der Waals surface area (Å²) in [6.45, 7) is 6.32. The van der Waals surface area contributed by atoms with E-state index in [1.165, 1.54) is 7.11 Å². The van der Waals surface area contributed by atoms with Crippen molar-refractivity contribution in [2.24, 2.45) is 4.99 Å². The predicted molar refractivity (Wildman–Crippen MR) is 159 cm³/mol. The molecular formula is C31H27ClN4O2S. The number of thiophene rings is 1. The number of halogens is 1. The molecule has 0 bridgehead atoms. The van der Waals surface area contributed by atoms with Gasteiger partial charge in [0.05, 0.1) is 24.1 Å². The number of aromatic nitrogens is 2. The molecule has 0 aliphatic heterocycles. The van der Waals surface area contributed by atoms with E-state index in [4.69, 9.17) is 16.3 Å². The van der Waals surface area contributed by atoms with E-state index < -0.39 is 0 Å². The second-order valence-corrected chi connectivity index (χ2v) is 11.3. The van der Waals surface area contributed by atoms with Gasteiger partial charge in [0.15, 0.2) is 11.5 Å². The van der Waals surface area contributed by atoms with Crippen molar-refractivity contribution in [2.75, 3.05) is 7.11 Å². The van der Waals surface area contributed by atoms with E-state index in [0.29, 0.717) is 21.5 Å². The first-order valence-corrected chi connectivity index (χ1v) is 13.6. The minimum Gasteiger partial charge on any atom is -0.504 e. The Morgan fingerprint density at radius 3 is 2.69 bits per heavy atom. The molecule has 2 heterocycles. The predicted octanol–water partition coefficient (Wildman–Crippen LogP) is 8.01. The number of aryl methyl sites for hydroxylation is 1. The molecule has 5 rings (SSSR count). The van der Waals surface area contributed by atoms with Crippen LogP contribution in [0.1, 0.15) is 53.1 Å². The first kappa shape index (κ1) is 26.5. The third kappa shape index (κ3) is 5.14. The van der Waals surface area contributed by atoms with E-state index >= 15 is 0 Å². The summed E-state index contributed by atoms with van der Waals surface area (Å²) in [7, 11) is 1.50. The Bertz CT molecular complexity index is 1690. The number of nitriles is 1. The number of benzene rings is 2. The lowest BCUT2D eigenvalue weighted by molar-refractivity contribution is 0.373. The van der Waals surface area contributed by atoms with E-state index in [1.54, 1.807) is 40.4 Å². The fraction of sp³-hybridized carbons (Fsp3) is 0.194. The van der Waals surface area contributed by atoms with Crippen LogP contribution in [-0.2, 0) is 5.41 Å². The van der Waals surface area contributed by atoms with Crippen molar-refractivity contribution in [3.8, 4) is 23.3 Å². The molecule has 2 aromatic carbocycles. The van der Waals surface area contributed by atoms with Crippen LogP contribution in [0.4, 0.5) is 5.00 Å². The second-order valence-electron chi connectivity index (χ2n) is 9.98. The average Bonchev–Trinajstić information content (AvgIpc) is 3.43. The molecule has 1 N–H and O–H groups in total. The summed E-state index contributed by atoms with van der Waals surface area (Å²) in [5, 5.41) is 25.8. The third-order valence-corrected chi connectivity index (χ3v) is 8.52. The summed E-state index contributed by atoms with van der Waals surface area (Å²) < 4.78 is 6.94. The van der Waals surface area contributed by atoms with Gasteiger partial charge in [0.2, 0.25) is 0 Å². The van der Waals surface area contributed by atoms with Gasteiger partial charge in [-0.25, -0.2) is 9.67 Å². The Morgan fingerprint density at radius 2 is 1.97 bits per heavy atom. The molecule has 0 atom stereocenters. The van der Waals surface area contributed by atoms with E-state index in [-0.39, 0.29) is 11.2 Å². The first-order chi connectivity index (χ1) is 18.7. The number of methoxy groups -OCH3 is 1. The summed E-state index contributed by atoms with van der Waals surface area (Å²) in [5.74, 6) is 0.436. The first-order valence-electron chi connectivity index (χ1n) is 12.4. The number of allylic oxidation sites excluding steroid dienone is 2. The van der Waals surface area contributed by atoms with E-state index in [0.717, 1.165) is 44.9 Å². The van der Waals surface area contributed by atoms with Gasteiger partial charge < -0.3 is 9.84 Å². The Balaban J connectivity index is 1.49. The molecule has 0 unspecified atom stereocenters. The van der Waals surface area contributed by atoms with Crippen LogP contribution in [0.3, 0.4) is 0 Å². The highest BCUT2D eigenvalue weighted by Crippen LogP contribution is 2.48. The lowest BCUT2D eigenvalue weighted by Crippen LogP contribution is -2.20. The summed E-state index contributed by atoms with van der Waals surface area (Å²) in [6, 6.07) is 17.2. The molecule has 0 saturated heterocycles. The number of fused-ring (bicyclic) bond motifs is 1. The van der Waals surface area contributed by atoms with Crippen molar-refractivity contribution in [1.29, 1.82) is 5.26 Å². The van der Waals surface area contributed by atoms with Gasteiger partial charge in [0.25, 0.3) is 0 Å². The largest absolute Gasteiger partial charge is 0.504 e. The lowest BCUT2D eigenvalue weighted by Gasteiger charge is -2.29. The Morgan fingerprint density at radius 1 is 1.21 bits per heavy atom. The van der Waals surface area contributed by atoms with Crippen molar-refractivity contribution in [2.45, 2.75) is 32.6 Å². The molecule has 196 valence electrons. The standard InChI is InChI=1S/C31H27ClN4O2S/c1-19-23(29(32)36(35-19)22-8-6-5-7-9-22)12-10-20-14-24-25(17-33)30(39-28(24)31(2,3)16-20)34-18-21-11-13-26(37)27(15-21)38-4/h5-15,18,37H,16H2,1-4H3/b12-10-,34-18+. The van der Waals surface area contributed by atoms with Crippen molar-refractivity contribution >= 4 is 46.3 Å². The number of hydrogen-bond donors (Lipinski definition) is 1. The van der Waals surface area contributed by atoms with Gasteiger partial charge in [-0.1, -0.05) is 49.7 Å². The van der Waals surface area contributed by atoms with Gasteiger partial charge in [-0.3, -0.25) is 0 Å². The maximum Gasteiger partial charge on any atom is 0.161 e. The fourth-order valence-electron chi connectivity index (χ4n) is 4.74. The van der Waals surface area contributed by atoms with Gasteiger partial charge >= 0.3 is 0 Å². The number of phenolic OH excluding ortho intramolecular Hbond substituents is 1. The molecule has 0 amide bonds. The quantitative estimate of drug-likeness (QED) is 0.245. The maximum absolute atomic E-state index is 10.1. The summed E-state index contributed by atoms with van der Waals surface area (Å²) >= 11 is 8.28. The van der Waals surface area contributed by atoms with Crippen LogP contribution in [0.15, 0.2) is 65.2 Å². The molecule has 8 heteroatoms. The zero-order valence-corrected chi connectivity index (χ0v) is 23.6. The van der Waals surface area contributed by atoms with Gasteiger partial charge in [-0.2, -0.15) is 10.4 Å². The van der Waals surface area contributed by atoms with E-state index in [2.05, 4.69) is 42.2 Å². The molecule has 1 aliphatic carbocycles. The average molecular weight is 555 g/mol. The molecular weight excluding hydrogens is 528 g/mol. The number of para-hydroxylation sites is 1. The topological polar surface area (TPSA) is 83.4 Å². The molecule has 0 saturated carbocycles. The van der Waals surface area contributed by atoms with Gasteiger partial charge in [0.1, 0.15) is 16.2 Å². The Labute approximate surface area is 236 Å². The maximum atomic E-state index is 10.1. The summed E-state index contributed by atoms with van der Waals surface area (Å²) in [5.41, 5.74) is 5.77. The van der Waals surface area contributed by atoms with Crippen molar-refractivity contribution < 1.29 is 9.84 Å². The number of ether oxygens (including phenoxy) is 1. The minimum atomic E-state index is -0.178. The van der Waals surface area contributed by atoms with Crippen LogP contribution >= 0.6 is 22.9 Å². The van der Waals surface area contributed by atoms with Crippen LogP contribution in [0.5, 0.6) is 11.5 Å². The van der Waals surface area contributed by atoms with E-state index in [1.807, 2.05) is 43.3 Å². The monoisotopic (exact) mass is 554 g/mol. The molecule has 0 fully saturated rings. The fourth-order valence-corrected chi connectivity index (χ4v) is 6.25. The highest BCUT2D eigenvalue weighted by atomic mass is 35.5. The zero-order chi connectivity index (χ0) is 27.7. The normalized spacial score (nSPS) is 14.4. The number of nitrogens with zero attached hydrogens (tertiary/aromatic N) is 4. The molecule has 2 aromatic heterocycles. The Kier molecular flexibility index (Phi) is 7.17. The highest BCUT2D eigenvalue weighted by Gasteiger charge is 2.33. The molecule has 1 aliphatic rings.